The molecular formula is C22H22N2O2. The number of hydrogen-bond acceptors (Lipinski definition) is 3. The summed E-state index contributed by atoms with van der Waals surface area (Å²) >= 11 is 0. The van der Waals surface area contributed by atoms with Crippen LogP contribution < -0.4 is 5.32 Å². The Kier molecular flexibility index (Phi) is 3.88. The minimum atomic E-state index is 0.00813. The van der Waals surface area contributed by atoms with Crippen LogP contribution in [0.25, 0.3) is 0 Å². The number of fused-ring (bicyclic) bond motifs is 2. The maximum atomic E-state index is 12.6. The van der Waals surface area contributed by atoms with E-state index in [2.05, 4.69) is 46.6 Å². The first-order valence-corrected chi connectivity index (χ1v) is 9.31. The molecule has 1 heterocycles. The summed E-state index contributed by atoms with van der Waals surface area (Å²) in [6.07, 6.45) is 7.33. The van der Waals surface area contributed by atoms with Gasteiger partial charge in [-0.05, 0) is 46.4 Å². The number of amides is 1. The zero-order chi connectivity index (χ0) is 17.5. The molecule has 4 heteroatoms. The van der Waals surface area contributed by atoms with Gasteiger partial charge in [0.15, 0.2) is 0 Å². The molecule has 1 aromatic carbocycles. The summed E-state index contributed by atoms with van der Waals surface area (Å²) < 4.78 is 5.86. The third kappa shape index (κ3) is 2.96. The van der Waals surface area contributed by atoms with Gasteiger partial charge in [0.2, 0.25) is 0 Å². The van der Waals surface area contributed by atoms with Crippen molar-refractivity contribution in [1.29, 1.82) is 0 Å². The molecule has 4 nitrogen and oxygen atoms in total. The van der Waals surface area contributed by atoms with E-state index in [0.717, 1.165) is 37.2 Å². The SMILES string of the molecule is O=C(NCC1CN(Cc2ccccc2)CCO1)C1=C2C=C3CC3=C2C=C1. The molecule has 0 radical (unpaired) electrons. The highest BCUT2D eigenvalue weighted by atomic mass is 16.5. The number of nitrogens with one attached hydrogen (secondary N) is 1. The number of nitrogens with zero attached hydrogens (tertiary/aromatic N) is 1. The monoisotopic (exact) mass is 346 g/mol. The van der Waals surface area contributed by atoms with Gasteiger partial charge in [-0.1, -0.05) is 36.4 Å². The Hall–Kier alpha value is -2.43. The molecule has 1 amide bonds. The van der Waals surface area contributed by atoms with Gasteiger partial charge in [-0.15, -0.1) is 0 Å². The predicted molar refractivity (Wildman–Crippen MR) is 100 cm³/mol. The number of carbonyl (C=O) groups excluding carboxylic acids is 1. The van der Waals surface area contributed by atoms with Crippen molar-refractivity contribution in [2.75, 3.05) is 26.2 Å². The van der Waals surface area contributed by atoms with E-state index in [1.807, 2.05) is 12.1 Å². The minimum Gasteiger partial charge on any atom is -0.374 e. The molecule has 3 aliphatic carbocycles. The molecular weight excluding hydrogens is 324 g/mol. The molecule has 5 rings (SSSR count). The lowest BCUT2D eigenvalue weighted by atomic mass is 10.1. The van der Waals surface area contributed by atoms with Crippen LogP contribution in [0.3, 0.4) is 0 Å². The zero-order valence-corrected chi connectivity index (χ0v) is 14.7. The molecule has 1 N–H and O–H groups in total. The second-order valence-corrected chi connectivity index (χ2v) is 7.32. The highest BCUT2D eigenvalue weighted by molar-refractivity contribution is 6.01. The Morgan fingerprint density at radius 1 is 1.19 bits per heavy atom. The third-order valence-corrected chi connectivity index (χ3v) is 5.48. The molecule has 0 spiro atoms. The lowest BCUT2D eigenvalue weighted by molar-refractivity contribution is -0.118. The fourth-order valence-electron chi connectivity index (χ4n) is 4.03. The molecule has 0 bridgehead atoms. The highest BCUT2D eigenvalue weighted by Crippen LogP contribution is 2.51. The first kappa shape index (κ1) is 15.8. The minimum absolute atomic E-state index is 0.00813. The van der Waals surface area contributed by atoms with Gasteiger partial charge in [-0.2, -0.15) is 0 Å². The van der Waals surface area contributed by atoms with Crippen LogP contribution in [0.1, 0.15) is 12.0 Å². The van der Waals surface area contributed by atoms with E-state index in [4.69, 9.17) is 4.74 Å². The molecule has 1 aliphatic heterocycles. The summed E-state index contributed by atoms with van der Waals surface area (Å²) in [5.74, 6) is 0.00813. The normalized spacial score (nSPS) is 23.8. The van der Waals surface area contributed by atoms with E-state index >= 15 is 0 Å². The van der Waals surface area contributed by atoms with Crippen LogP contribution >= 0.6 is 0 Å². The number of rotatable bonds is 5. The van der Waals surface area contributed by atoms with Crippen molar-refractivity contribution in [3.8, 4) is 0 Å². The van der Waals surface area contributed by atoms with Crippen molar-refractivity contribution in [3.05, 3.63) is 82.0 Å². The lowest BCUT2D eigenvalue weighted by Crippen LogP contribution is -2.47. The summed E-state index contributed by atoms with van der Waals surface area (Å²) in [5, 5.41) is 3.07. The molecule has 1 saturated carbocycles. The number of hydrogen-bond donors (Lipinski definition) is 1. The van der Waals surface area contributed by atoms with Crippen LogP contribution in [0.15, 0.2) is 76.4 Å². The Bertz CT molecular complexity index is 877. The van der Waals surface area contributed by atoms with Crippen LogP contribution in [0.4, 0.5) is 0 Å². The maximum Gasteiger partial charge on any atom is 0.252 e. The van der Waals surface area contributed by atoms with Gasteiger partial charge in [0.1, 0.15) is 0 Å². The Labute approximate surface area is 153 Å². The molecule has 1 atom stereocenters. The fraction of sp³-hybridized carbons (Fsp3) is 0.318. The molecule has 132 valence electrons. The number of benzene rings is 1. The predicted octanol–water partition coefficient (Wildman–Crippen LogP) is 2.51. The summed E-state index contributed by atoms with van der Waals surface area (Å²) in [4.78, 5) is 15.0. The second kappa shape index (κ2) is 6.38. The van der Waals surface area contributed by atoms with Gasteiger partial charge < -0.3 is 10.1 Å². The molecule has 1 unspecified atom stereocenters. The molecule has 4 aliphatic rings. The van der Waals surface area contributed by atoms with Crippen LogP contribution in [-0.2, 0) is 16.1 Å². The van der Waals surface area contributed by atoms with Gasteiger partial charge >= 0.3 is 0 Å². The van der Waals surface area contributed by atoms with E-state index in [-0.39, 0.29) is 12.0 Å². The van der Waals surface area contributed by atoms with E-state index in [1.54, 1.807) is 0 Å². The van der Waals surface area contributed by atoms with E-state index < -0.39 is 0 Å². The van der Waals surface area contributed by atoms with Crippen molar-refractivity contribution in [3.63, 3.8) is 0 Å². The zero-order valence-electron chi connectivity index (χ0n) is 14.7. The average Bonchev–Trinajstić information content (AvgIpc) is 3.15. The number of carbonyl (C=O) groups is 1. The van der Waals surface area contributed by atoms with Gasteiger partial charge in [-0.25, -0.2) is 0 Å². The molecule has 1 saturated heterocycles. The lowest BCUT2D eigenvalue weighted by Gasteiger charge is -2.33. The second-order valence-electron chi connectivity index (χ2n) is 7.32. The summed E-state index contributed by atoms with van der Waals surface area (Å²) in [7, 11) is 0. The van der Waals surface area contributed by atoms with E-state index in [9.17, 15) is 4.79 Å². The fourth-order valence-corrected chi connectivity index (χ4v) is 4.03. The average molecular weight is 346 g/mol. The smallest absolute Gasteiger partial charge is 0.252 e. The van der Waals surface area contributed by atoms with Gasteiger partial charge in [0.05, 0.1) is 12.7 Å². The molecule has 1 aromatic rings. The topological polar surface area (TPSA) is 41.6 Å². The van der Waals surface area contributed by atoms with Crippen LogP contribution in [-0.4, -0.2) is 43.2 Å². The number of allylic oxidation sites excluding steroid dienone is 6. The van der Waals surface area contributed by atoms with E-state index in [0.29, 0.717) is 13.2 Å². The summed E-state index contributed by atoms with van der Waals surface area (Å²) in [6.45, 7) is 3.97. The van der Waals surface area contributed by atoms with Gasteiger partial charge in [0.25, 0.3) is 5.91 Å². The summed E-state index contributed by atoms with van der Waals surface area (Å²) in [5.41, 5.74) is 7.29. The van der Waals surface area contributed by atoms with Crippen molar-refractivity contribution < 1.29 is 9.53 Å². The van der Waals surface area contributed by atoms with Crippen LogP contribution in [0.5, 0.6) is 0 Å². The van der Waals surface area contributed by atoms with Crippen molar-refractivity contribution >= 4 is 5.91 Å². The summed E-state index contributed by atoms with van der Waals surface area (Å²) in [6, 6.07) is 10.5. The first-order valence-electron chi connectivity index (χ1n) is 9.31. The highest BCUT2D eigenvalue weighted by Gasteiger charge is 2.35. The number of ether oxygens (including phenoxy) is 1. The standard InChI is InChI=1S/C22H22N2O2/c25-22(19-7-6-18-20-10-16(20)11-21(18)19)23-12-17-14-24(8-9-26-17)13-15-4-2-1-3-5-15/h1-7,11,17H,8-10,12-14H2,(H,23,25). The van der Waals surface area contributed by atoms with Crippen molar-refractivity contribution in [2.45, 2.75) is 19.1 Å². The molecule has 26 heavy (non-hydrogen) atoms. The van der Waals surface area contributed by atoms with Crippen molar-refractivity contribution in [1.82, 2.24) is 10.2 Å². The Balaban J connectivity index is 1.17. The van der Waals surface area contributed by atoms with E-state index in [1.165, 1.54) is 22.3 Å². The third-order valence-electron chi connectivity index (χ3n) is 5.48. The Morgan fingerprint density at radius 2 is 2.08 bits per heavy atom. The number of morpholine rings is 1. The first-order chi connectivity index (χ1) is 12.8. The van der Waals surface area contributed by atoms with Crippen molar-refractivity contribution in [2.24, 2.45) is 0 Å². The largest absolute Gasteiger partial charge is 0.374 e. The Morgan fingerprint density at radius 3 is 2.96 bits per heavy atom. The molecule has 0 aromatic heterocycles. The van der Waals surface area contributed by atoms with Gasteiger partial charge in [-0.3, -0.25) is 9.69 Å². The van der Waals surface area contributed by atoms with Crippen LogP contribution in [0.2, 0.25) is 0 Å². The quantitative estimate of drug-likeness (QED) is 0.891. The van der Waals surface area contributed by atoms with Crippen LogP contribution in [0, 0.1) is 0 Å². The molecule has 2 fully saturated rings. The van der Waals surface area contributed by atoms with Gasteiger partial charge in [0, 0.05) is 31.8 Å². The maximum absolute atomic E-state index is 12.6.